The van der Waals surface area contributed by atoms with Crippen LogP contribution in [-0.4, -0.2) is 26.8 Å². The number of hydrogen-bond acceptors (Lipinski definition) is 5. The summed E-state index contributed by atoms with van der Waals surface area (Å²) in [7, 11) is 0. The Morgan fingerprint density at radius 3 is 2.82 bits per heavy atom. The van der Waals surface area contributed by atoms with Crippen molar-refractivity contribution in [1.82, 2.24) is 9.97 Å². The Bertz CT molecular complexity index is 567. The van der Waals surface area contributed by atoms with Crippen molar-refractivity contribution in [3.63, 3.8) is 0 Å². The lowest BCUT2D eigenvalue weighted by atomic mass is 10.2. The Labute approximate surface area is 97.7 Å². The molecule has 5 nitrogen and oxygen atoms in total. The molecule has 17 heavy (non-hydrogen) atoms. The van der Waals surface area contributed by atoms with Crippen molar-refractivity contribution < 1.29 is 14.9 Å². The maximum absolute atomic E-state index is 9.77. The van der Waals surface area contributed by atoms with Crippen molar-refractivity contribution in [1.29, 1.82) is 0 Å². The fourth-order valence-electron chi connectivity index (χ4n) is 1.67. The van der Waals surface area contributed by atoms with Crippen LogP contribution in [0.5, 0.6) is 17.4 Å². The third-order valence-electron chi connectivity index (χ3n) is 2.87. The summed E-state index contributed by atoms with van der Waals surface area (Å²) in [6.45, 7) is 0.605. The average molecular weight is 232 g/mol. The van der Waals surface area contributed by atoms with Crippen LogP contribution < -0.4 is 4.74 Å². The van der Waals surface area contributed by atoms with E-state index < -0.39 is 0 Å². The fraction of sp³-hybridized carbons (Fsp3) is 0.333. The minimum absolute atomic E-state index is 0.0382. The quantitative estimate of drug-likeness (QED) is 0.844. The monoisotopic (exact) mass is 232 g/mol. The predicted octanol–water partition coefficient (Wildman–Crippen LogP) is 1.83. The van der Waals surface area contributed by atoms with Gasteiger partial charge < -0.3 is 14.9 Å². The molecule has 0 spiro atoms. The van der Waals surface area contributed by atoms with Crippen molar-refractivity contribution in [2.45, 2.75) is 12.8 Å². The van der Waals surface area contributed by atoms with Gasteiger partial charge in [-0.15, -0.1) is 0 Å². The number of fused-ring (bicyclic) bond motifs is 1. The molecule has 3 rings (SSSR count). The minimum Gasteiger partial charge on any atom is -0.504 e. The summed E-state index contributed by atoms with van der Waals surface area (Å²) < 4.78 is 5.51. The third kappa shape index (κ3) is 1.95. The number of hydrogen-bond donors (Lipinski definition) is 2. The van der Waals surface area contributed by atoms with E-state index in [9.17, 15) is 10.2 Å². The molecule has 1 saturated carbocycles. The highest BCUT2D eigenvalue weighted by Crippen LogP contribution is 2.35. The van der Waals surface area contributed by atoms with E-state index in [-0.39, 0.29) is 11.6 Å². The third-order valence-corrected chi connectivity index (χ3v) is 2.87. The van der Waals surface area contributed by atoms with Gasteiger partial charge in [0.2, 0.25) is 5.88 Å². The number of benzene rings is 1. The number of phenols is 1. The van der Waals surface area contributed by atoms with Gasteiger partial charge in [0, 0.05) is 6.07 Å². The zero-order chi connectivity index (χ0) is 11.8. The summed E-state index contributed by atoms with van der Waals surface area (Å²) in [6.07, 6.45) is 3.62. The second kappa shape index (κ2) is 3.76. The molecule has 2 aromatic rings. The first-order chi connectivity index (χ1) is 8.24. The first-order valence-corrected chi connectivity index (χ1v) is 5.53. The standard InChI is InChI=1S/C12H12N2O3/c15-10-4-9-8(12(16)14-6-13-9)3-11(10)17-5-7-1-2-7/h3-4,6-7,15H,1-2,5H2,(H,13,14,16). The van der Waals surface area contributed by atoms with E-state index in [1.165, 1.54) is 25.2 Å². The second-order valence-electron chi connectivity index (χ2n) is 4.29. The molecule has 0 unspecified atom stereocenters. The topological polar surface area (TPSA) is 75.5 Å². The van der Waals surface area contributed by atoms with Crippen LogP contribution in [0.15, 0.2) is 18.5 Å². The zero-order valence-corrected chi connectivity index (χ0v) is 9.13. The fourth-order valence-corrected chi connectivity index (χ4v) is 1.67. The number of nitrogens with zero attached hydrogens (tertiary/aromatic N) is 2. The lowest BCUT2D eigenvalue weighted by molar-refractivity contribution is 0.285. The molecule has 2 N–H and O–H groups in total. The van der Waals surface area contributed by atoms with Crippen LogP contribution in [0.4, 0.5) is 0 Å². The zero-order valence-electron chi connectivity index (χ0n) is 9.13. The molecule has 1 aliphatic carbocycles. The van der Waals surface area contributed by atoms with E-state index in [4.69, 9.17) is 4.74 Å². The lowest BCUT2D eigenvalue weighted by Crippen LogP contribution is -1.99. The molecule has 1 aromatic carbocycles. The Kier molecular flexibility index (Phi) is 2.24. The van der Waals surface area contributed by atoms with Gasteiger partial charge in [0.25, 0.3) is 0 Å². The molecular formula is C12H12N2O3. The molecule has 0 atom stereocenters. The number of ether oxygens (including phenoxy) is 1. The van der Waals surface area contributed by atoms with Crippen molar-refractivity contribution in [2.75, 3.05) is 6.61 Å². The maximum Gasteiger partial charge on any atom is 0.222 e. The molecule has 0 saturated heterocycles. The molecule has 0 amide bonds. The van der Waals surface area contributed by atoms with Crippen molar-refractivity contribution in [2.24, 2.45) is 5.92 Å². The summed E-state index contributed by atoms with van der Waals surface area (Å²) in [6, 6.07) is 3.04. The van der Waals surface area contributed by atoms with E-state index in [1.54, 1.807) is 6.07 Å². The van der Waals surface area contributed by atoms with Crippen molar-refractivity contribution in [3.05, 3.63) is 18.5 Å². The molecule has 5 heteroatoms. The predicted molar refractivity (Wildman–Crippen MR) is 61.1 cm³/mol. The molecule has 1 fully saturated rings. The lowest BCUT2D eigenvalue weighted by Gasteiger charge is -2.08. The summed E-state index contributed by atoms with van der Waals surface area (Å²) in [5.41, 5.74) is 0.494. The molecule has 0 aliphatic heterocycles. The van der Waals surface area contributed by atoms with Gasteiger partial charge in [-0.3, -0.25) is 0 Å². The first-order valence-electron chi connectivity index (χ1n) is 5.53. The maximum atomic E-state index is 9.77. The van der Waals surface area contributed by atoms with E-state index in [1.807, 2.05) is 0 Å². The molecule has 0 bridgehead atoms. The van der Waals surface area contributed by atoms with Crippen LogP contribution in [0.1, 0.15) is 12.8 Å². The van der Waals surface area contributed by atoms with Gasteiger partial charge in [-0.05, 0) is 24.8 Å². The van der Waals surface area contributed by atoms with Crippen LogP contribution in [0.3, 0.4) is 0 Å². The highest BCUT2D eigenvalue weighted by molar-refractivity contribution is 5.86. The van der Waals surface area contributed by atoms with E-state index in [0.717, 1.165) is 0 Å². The van der Waals surface area contributed by atoms with Crippen molar-refractivity contribution >= 4 is 10.9 Å². The van der Waals surface area contributed by atoms with Crippen molar-refractivity contribution in [3.8, 4) is 17.4 Å². The number of phenolic OH excluding ortho intramolecular Hbond substituents is 1. The van der Waals surface area contributed by atoms with Gasteiger partial charge in [0.15, 0.2) is 11.5 Å². The smallest absolute Gasteiger partial charge is 0.222 e. The number of aromatic hydroxyl groups is 2. The number of rotatable bonds is 3. The van der Waals surface area contributed by atoms with Gasteiger partial charge in [-0.2, -0.15) is 0 Å². The normalized spacial score (nSPS) is 15.1. The molecule has 1 heterocycles. The van der Waals surface area contributed by atoms with E-state index in [2.05, 4.69) is 9.97 Å². The highest BCUT2D eigenvalue weighted by atomic mass is 16.5. The highest BCUT2D eigenvalue weighted by Gasteiger charge is 2.22. The number of aromatic nitrogens is 2. The molecule has 0 radical (unpaired) electrons. The Balaban J connectivity index is 1.99. The van der Waals surface area contributed by atoms with Gasteiger partial charge >= 0.3 is 0 Å². The van der Waals surface area contributed by atoms with E-state index >= 15 is 0 Å². The summed E-state index contributed by atoms with van der Waals surface area (Å²) in [5.74, 6) is 0.905. The molecule has 1 aromatic heterocycles. The van der Waals surface area contributed by atoms with E-state index in [0.29, 0.717) is 29.2 Å². The van der Waals surface area contributed by atoms with Crippen LogP contribution in [0, 0.1) is 5.92 Å². The SMILES string of the molecule is Oc1cc2ncnc(O)c2cc1OCC1CC1. The van der Waals surface area contributed by atoms with Gasteiger partial charge in [0.05, 0.1) is 17.5 Å². The average Bonchev–Trinajstić information content (AvgIpc) is 3.11. The Morgan fingerprint density at radius 1 is 1.24 bits per heavy atom. The molecular weight excluding hydrogens is 220 g/mol. The van der Waals surface area contributed by atoms with Crippen LogP contribution in [-0.2, 0) is 0 Å². The Morgan fingerprint density at radius 2 is 2.06 bits per heavy atom. The Hall–Kier alpha value is -2.04. The van der Waals surface area contributed by atoms with Gasteiger partial charge in [-0.25, -0.2) is 9.97 Å². The summed E-state index contributed by atoms with van der Waals surface area (Å²) in [4.78, 5) is 7.66. The minimum atomic E-state index is -0.105. The van der Waals surface area contributed by atoms with Crippen LogP contribution in [0.25, 0.3) is 10.9 Å². The molecule has 88 valence electrons. The van der Waals surface area contributed by atoms with Gasteiger partial charge in [-0.1, -0.05) is 0 Å². The summed E-state index contributed by atoms with van der Waals surface area (Å²) in [5, 5.41) is 19.8. The molecule has 1 aliphatic rings. The first kappa shape index (κ1) is 10.1. The largest absolute Gasteiger partial charge is 0.504 e. The van der Waals surface area contributed by atoms with Gasteiger partial charge in [0.1, 0.15) is 6.33 Å². The van der Waals surface area contributed by atoms with Crippen LogP contribution in [0.2, 0.25) is 0 Å². The van der Waals surface area contributed by atoms with Crippen LogP contribution >= 0.6 is 0 Å². The second-order valence-corrected chi connectivity index (χ2v) is 4.29. The summed E-state index contributed by atoms with van der Waals surface area (Å²) >= 11 is 0.